The molecule has 0 aliphatic carbocycles. The summed E-state index contributed by atoms with van der Waals surface area (Å²) in [6.45, 7) is 6.58. The van der Waals surface area contributed by atoms with Gasteiger partial charge in [-0.1, -0.05) is 12.1 Å². The molecule has 0 unspecified atom stereocenters. The van der Waals surface area contributed by atoms with E-state index in [1.54, 1.807) is 7.11 Å². The van der Waals surface area contributed by atoms with E-state index in [-0.39, 0.29) is 5.91 Å². The van der Waals surface area contributed by atoms with E-state index in [0.717, 1.165) is 49.7 Å². The molecule has 1 aromatic carbocycles. The van der Waals surface area contributed by atoms with Gasteiger partial charge < -0.3 is 19.4 Å². The van der Waals surface area contributed by atoms with Crippen LogP contribution in [-0.2, 0) is 9.63 Å². The number of nitrogens with zero attached hydrogens (tertiary/aromatic N) is 3. The fraction of sp³-hybridized carbons (Fsp3) is 0.529. The predicted octanol–water partition coefficient (Wildman–Crippen LogP) is 1.35. The number of benzene rings is 1. The molecule has 1 saturated heterocycles. The van der Waals surface area contributed by atoms with Crippen LogP contribution in [0.2, 0.25) is 0 Å². The zero-order valence-corrected chi connectivity index (χ0v) is 13.7. The normalized spacial score (nSPS) is 21.7. The van der Waals surface area contributed by atoms with Crippen molar-refractivity contribution in [2.45, 2.75) is 19.4 Å². The number of likely N-dealkylation sites (N-methyl/N-ethyl adjacent to an activating group) is 1. The minimum absolute atomic E-state index is 0.0491. The van der Waals surface area contributed by atoms with Crippen LogP contribution >= 0.6 is 0 Å². The molecule has 3 rings (SSSR count). The van der Waals surface area contributed by atoms with Gasteiger partial charge in [-0.2, -0.15) is 0 Å². The Bertz CT molecular complexity index is 577. The highest BCUT2D eigenvalue weighted by Gasteiger charge is 2.33. The highest BCUT2D eigenvalue weighted by atomic mass is 16.6. The summed E-state index contributed by atoms with van der Waals surface area (Å²) in [5.41, 5.74) is 1.79. The van der Waals surface area contributed by atoms with Gasteiger partial charge in [-0.3, -0.25) is 4.79 Å². The number of amides is 1. The quantitative estimate of drug-likeness (QED) is 0.841. The number of hydrogen-bond donors (Lipinski definition) is 0. The molecule has 1 amide bonds. The summed E-state index contributed by atoms with van der Waals surface area (Å²) >= 11 is 0. The lowest BCUT2D eigenvalue weighted by atomic mass is 10.0. The minimum atomic E-state index is -0.486. The summed E-state index contributed by atoms with van der Waals surface area (Å²) < 4.78 is 5.15. The standard InChI is InChI=1S/C17H23N3O3/c1-3-19-8-10-20(11-9-19)17(21)16-12-15(18-23-16)13-4-6-14(22-2)7-5-13/h4-7,16H,3,8-12H2,1-2H3/t16-/m0/s1. The zero-order chi connectivity index (χ0) is 16.2. The summed E-state index contributed by atoms with van der Waals surface area (Å²) in [7, 11) is 1.64. The molecule has 0 aromatic heterocycles. The van der Waals surface area contributed by atoms with E-state index in [1.807, 2.05) is 29.2 Å². The smallest absolute Gasteiger partial charge is 0.266 e. The molecular weight excluding hydrogens is 294 g/mol. The number of methoxy groups -OCH3 is 1. The molecule has 1 fully saturated rings. The van der Waals surface area contributed by atoms with Gasteiger partial charge in [0.15, 0.2) is 0 Å². The first-order valence-corrected chi connectivity index (χ1v) is 8.09. The molecule has 124 valence electrons. The van der Waals surface area contributed by atoms with E-state index in [4.69, 9.17) is 9.57 Å². The van der Waals surface area contributed by atoms with E-state index in [2.05, 4.69) is 17.0 Å². The van der Waals surface area contributed by atoms with Crippen molar-refractivity contribution in [2.75, 3.05) is 39.8 Å². The van der Waals surface area contributed by atoms with Crippen LogP contribution in [0.15, 0.2) is 29.4 Å². The van der Waals surface area contributed by atoms with Gasteiger partial charge in [0.25, 0.3) is 5.91 Å². The number of ether oxygens (including phenoxy) is 1. The van der Waals surface area contributed by atoms with Crippen LogP contribution in [-0.4, -0.2) is 67.4 Å². The second kappa shape index (κ2) is 7.00. The van der Waals surface area contributed by atoms with Crippen molar-refractivity contribution < 1.29 is 14.4 Å². The summed E-state index contributed by atoms with van der Waals surface area (Å²) in [6, 6.07) is 7.65. The van der Waals surface area contributed by atoms with Crippen LogP contribution in [0, 0.1) is 0 Å². The molecule has 23 heavy (non-hydrogen) atoms. The van der Waals surface area contributed by atoms with E-state index < -0.39 is 6.10 Å². The maximum absolute atomic E-state index is 12.6. The zero-order valence-electron chi connectivity index (χ0n) is 13.7. The Balaban J connectivity index is 1.57. The monoisotopic (exact) mass is 317 g/mol. The van der Waals surface area contributed by atoms with Crippen LogP contribution in [0.1, 0.15) is 18.9 Å². The Kier molecular flexibility index (Phi) is 4.81. The topological polar surface area (TPSA) is 54.4 Å². The molecule has 1 aromatic rings. The van der Waals surface area contributed by atoms with Gasteiger partial charge in [0.2, 0.25) is 6.10 Å². The van der Waals surface area contributed by atoms with Crippen LogP contribution in [0.25, 0.3) is 0 Å². The summed E-state index contributed by atoms with van der Waals surface area (Å²) in [5, 5.41) is 4.11. The number of oxime groups is 1. The predicted molar refractivity (Wildman–Crippen MR) is 87.7 cm³/mol. The molecule has 2 aliphatic heterocycles. The van der Waals surface area contributed by atoms with Crippen molar-refractivity contribution in [1.29, 1.82) is 0 Å². The SMILES string of the molecule is CCN1CCN(C(=O)[C@@H]2CC(c3ccc(OC)cc3)=NO2)CC1. The number of carbonyl (C=O) groups excluding carboxylic acids is 1. The third-order valence-corrected chi connectivity index (χ3v) is 4.50. The van der Waals surface area contributed by atoms with Crippen molar-refractivity contribution in [1.82, 2.24) is 9.80 Å². The first kappa shape index (κ1) is 15.8. The van der Waals surface area contributed by atoms with E-state index in [0.29, 0.717) is 6.42 Å². The van der Waals surface area contributed by atoms with Crippen molar-refractivity contribution in [3.05, 3.63) is 29.8 Å². The van der Waals surface area contributed by atoms with E-state index in [9.17, 15) is 4.79 Å². The van der Waals surface area contributed by atoms with Gasteiger partial charge in [-0.25, -0.2) is 0 Å². The Hall–Kier alpha value is -2.08. The van der Waals surface area contributed by atoms with Crippen LogP contribution < -0.4 is 4.74 Å². The van der Waals surface area contributed by atoms with Gasteiger partial charge in [-0.15, -0.1) is 0 Å². The maximum atomic E-state index is 12.6. The van der Waals surface area contributed by atoms with Gasteiger partial charge in [0.1, 0.15) is 5.75 Å². The molecule has 0 N–H and O–H groups in total. The van der Waals surface area contributed by atoms with Gasteiger partial charge in [0.05, 0.1) is 12.8 Å². The average molecular weight is 317 g/mol. The molecular formula is C17H23N3O3. The minimum Gasteiger partial charge on any atom is -0.497 e. The Labute approximate surface area is 136 Å². The number of rotatable bonds is 4. The van der Waals surface area contributed by atoms with Crippen molar-refractivity contribution in [3.8, 4) is 5.75 Å². The lowest BCUT2D eigenvalue weighted by Gasteiger charge is -2.34. The van der Waals surface area contributed by atoms with Crippen molar-refractivity contribution in [2.24, 2.45) is 5.16 Å². The highest BCUT2D eigenvalue weighted by Crippen LogP contribution is 2.21. The lowest BCUT2D eigenvalue weighted by molar-refractivity contribution is -0.143. The van der Waals surface area contributed by atoms with Crippen LogP contribution in [0.4, 0.5) is 0 Å². The molecule has 2 aliphatic rings. The Morgan fingerprint density at radius 1 is 1.26 bits per heavy atom. The van der Waals surface area contributed by atoms with Gasteiger partial charge in [0, 0.05) is 32.6 Å². The fourth-order valence-corrected chi connectivity index (χ4v) is 2.95. The first-order valence-electron chi connectivity index (χ1n) is 8.09. The molecule has 2 heterocycles. The highest BCUT2D eigenvalue weighted by molar-refractivity contribution is 6.04. The second-order valence-corrected chi connectivity index (χ2v) is 5.82. The van der Waals surface area contributed by atoms with Crippen molar-refractivity contribution >= 4 is 11.6 Å². The lowest BCUT2D eigenvalue weighted by Crippen LogP contribution is -2.51. The largest absolute Gasteiger partial charge is 0.497 e. The molecule has 0 radical (unpaired) electrons. The summed E-state index contributed by atoms with van der Waals surface area (Å²) in [6.07, 6.45) is 0.0411. The molecule has 6 heteroatoms. The van der Waals surface area contributed by atoms with Gasteiger partial charge in [-0.05, 0) is 36.4 Å². The van der Waals surface area contributed by atoms with E-state index in [1.165, 1.54) is 0 Å². The fourth-order valence-electron chi connectivity index (χ4n) is 2.95. The Morgan fingerprint density at radius 3 is 2.57 bits per heavy atom. The molecule has 1 atom stereocenters. The molecule has 0 saturated carbocycles. The Morgan fingerprint density at radius 2 is 1.96 bits per heavy atom. The number of carbonyl (C=O) groups is 1. The summed E-state index contributed by atoms with van der Waals surface area (Å²) in [4.78, 5) is 22.2. The molecule has 0 bridgehead atoms. The van der Waals surface area contributed by atoms with Gasteiger partial charge >= 0.3 is 0 Å². The average Bonchev–Trinajstić information content (AvgIpc) is 3.11. The van der Waals surface area contributed by atoms with Crippen LogP contribution in [0.3, 0.4) is 0 Å². The van der Waals surface area contributed by atoms with Crippen molar-refractivity contribution in [3.63, 3.8) is 0 Å². The molecule has 0 spiro atoms. The molecule has 6 nitrogen and oxygen atoms in total. The number of piperazine rings is 1. The van der Waals surface area contributed by atoms with Crippen LogP contribution in [0.5, 0.6) is 5.75 Å². The third-order valence-electron chi connectivity index (χ3n) is 4.50. The third kappa shape index (κ3) is 3.47. The maximum Gasteiger partial charge on any atom is 0.266 e. The summed E-state index contributed by atoms with van der Waals surface area (Å²) in [5.74, 6) is 0.850. The second-order valence-electron chi connectivity index (χ2n) is 5.82. The first-order chi connectivity index (χ1) is 11.2. The number of hydrogen-bond acceptors (Lipinski definition) is 5. The van der Waals surface area contributed by atoms with E-state index >= 15 is 0 Å².